The Hall–Kier alpha value is -2.08. The summed E-state index contributed by atoms with van der Waals surface area (Å²) in [5.74, 6) is -0.675. The number of carbonyl (C=O) groups is 2. The van der Waals surface area contributed by atoms with Gasteiger partial charge in [0.1, 0.15) is 5.60 Å². The summed E-state index contributed by atoms with van der Waals surface area (Å²) in [6.45, 7) is 9.69. The number of alkyl carbamates (subject to hydrolysis) is 1. The molecule has 1 unspecified atom stereocenters. The van der Waals surface area contributed by atoms with Crippen molar-refractivity contribution in [3.8, 4) is 0 Å². The van der Waals surface area contributed by atoms with Crippen LogP contribution in [0.3, 0.4) is 0 Å². The van der Waals surface area contributed by atoms with Crippen LogP contribution in [0.15, 0.2) is 30.3 Å². The van der Waals surface area contributed by atoms with Crippen molar-refractivity contribution >= 4 is 12.1 Å². The van der Waals surface area contributed by atoms with E-state index in [1.54, 1.807) is 6.92 Å². The van der Waals surface area contributed by atoms with E-state index in [1.807, 2.05) is 39.0 Å². The molecule has 0 aromatic heterocycles. The third kappa shape index (κ3) is 6.33. The first-order valence-corrected chi connectivity index (χ1v) is 9.21. The monoisotopic (exact) mass is 362 g/mol. The Morgan fingerprint density at radius 2 is 1.92 bits per heavy atom. The number of amides is 1. The molecule has 1 saturated heterocycles. The van der Waals surface area contributed by atoms with Gasteiger partial charge >= 0.3 is 12.1 Å². The van der Waals surface area contributed by atoms with E-state index < -0.39 is 17.6 Å². The van der Waals surface area contributed by atoms with E-state index in [2.05, 4.69) is 22.3 Å². The van der Waals surface area contributed by atoms with Crippen molar-refractivity contribution in [1.29, 1.82) is 0 Å². The SMILES string of the molecule is CCOC(=O)C1CN(Cc2ccccc2)CC[C@H]1NC(=O)OC(C)(C)C. The van der Waals surface area contributed by atoms with Crippen LogP contribution in [0.5, 0.6) is 0 Å². The zero-order chi connectivity index (χ0) is 19.2. The quantitative estimate of drug-likeness (QED) is 0.816. The number of carbonyl (C=O) groups excluding carboxylic acids is 2. The molecule has 0 radical (unpaired) electrons. The lowest BCUT2D eigenvalue weighted by Crippen LogP contribution is -2.54. The molecule has 6 nitrogen and oxygen atoms in total. The minimum absolute atomic E-state index is 0.272. The van der Waals surface area contributed by atoms with Crippen LogP contribution in [-0.4, -0.2) is 48.3 Å². The van der Waals surface area contributed by atoms with E-state index in [9.17, 15) is 9.59 Å². The molecule has 2 rings (SSSR count). The Bertz CT molecular complexity index is 598. The Labute approximate surface area is 155 Å². The van der Waals surface area contributed by atoms with E-state index in [0.29, 0.717) is 19.6 Å². The Morgan fingerprint density at radius 1 is 1.23 bits per heavy atom. The van der Waals surface area contributed by atoms with Crippen molar-refractivity contribution in [3.05, 3.63) is 35.9 Å². The summed E-state index contributed by atoms with van der Waals surface area (Å²) in [6.07, 6.45) is 0.184. The van der Waals surface area contributed by atoms with Gasteiger partial charge < -0.3 is 14.8 Å². The fourth-order valence-corrected chi connectivity index (χ4v) is 3.12. The van der Waals surface area contributed by atoms with Gasteiger partial charge in [0.2, 0.25) is 0 Å². The van der Waals surface area contributed by atoms with Crippen molar-refractivity contribution in [2.24, 2.45) is 5.92 Å². The Morgan fingerprint density at radius 3 is 2.54 bits per heavy atom. The number of esters is 1. The van der Waals surface area contributed by atoms with E-state index in [4.69, 9.17) is 9.47 Å². The van der Waals surface area contributed by atoms with Crippen LogP contribution < -0.4 is 5.32 Å². The summed E-state index contributed by atoms with van der Waals surface area (Å²) in [5, 5.41) is 2.86. The van der Waals surface area contributed by atoms with Crippen LogP contribution in [0.4, 0.5) is 4.79 Å². The van der Waals surface area contributed by atoms with E-state index in [-0.39, 0.29) is 12.0 Å². The van der Waals surface area contributed by atoms with Crippen LogP contribution in [0.25, 0.3) is 0 Å². The summed E-state index contributed by atoms with van der Waals surface area (Å²) in [4.78, 5) is 26.8. The predicted octanol–water partition coefficient (Wildman–Crippen LogP) is 2.96. The van der Waals surface area contributed by atoms with Gasteiger partial charge in [-0.2, -0.15) is 0 Å². The standard InChI is InChI=1S/C20H30N2O4/c1-5-25-18(23)16-14-22(13-15-9-7-6-8-10-15)12-11-17(16)21-19(24)26-20(2,3)4/h6-10,16-17H,5,11-14H2,1-4H3,(H,21,24)/t16?,17-/m1/s1. The van der Waals surface area contributed by atoms with Crippen LogP contribution in [-0.2, 0) is 20.8 Å². The fraction of sp³-hybridized carbons (Fsp3) is 0.600. The third-order valence-electron chi connectivity index (χ3n) is 4.24. The number of rotatable bonds is 5. The molecule has 144 valence electrons. The predicted molar refractivity (Wildman–Crippen MR) is 99.6 cm³/mol. The van der Waals surface area contributed by atoms with Gasteiger partial charge in [0.25, 0.3) is 0 Å². The van der Waals surface area contributed by atoms with Gasteiger partial charge in [-0.1, -0.05) is 30.3 Å². The molecule has 0 aliphatic carbocycles. The average molecular weight is 362 g/mol. The molecule has 1 aliphatic rings. The zero-order valence-corrected chi connectivity index (χ0v) is 16.2. The molecular formula is C20H30N2O4. The minimum Gasteiger partial charge on any atom is -0.466 e. The van der Waals surface area contributed by atoms with E-state index in [0.717, 1.165) is 13.1 Å². The van der Waals surface area contributed by atoms with E-state index in [1.165, 1.54) is 5.56 Å². The van der Waals surface area contributed by atoms with Gasteiger partial charge in [0.05, 0.1) is 12.5 Å². The second-order valence-corrected chi connectivity index (χ2v) is 7.62. The summed E-state index contributed by atoms with van der Waals surface area (Å²) < 4.78 is 10.6. The highest BCUT2D eigenvalue weighted by Gasteiger charge is 2.37. The number of ether oxygens (including phenoxy) is 2. The Kier molecular flexibility index (Phi) is 7.03. The molecular weight excluding hydrogens is 332 g/mol. The highest BCUT2D eigenvalue weighted by molar-refractivity contribution is 5.75. The molecule has 0 saturated carbocycles. The second-order valence-electron chi connectivity index (χ2n) is 7.62. The van der Waals surface area contributed by atoms with Crippen LogP contribution in [0, 0.1) is 5.92 Å². The van der Waals surface area contributed by atoms with Gasteiger partial charge in [0.15, 0.2) is 0 Å². The van der Waals surface area contributed by atoms with E-state index >= 15 is 0 Å². The highest BCUT2D eigenvalue weighted by atomic mass is 16.6. The molecule has 6 heteroatoms. The van der Waals surface area contributed by atoms with Gasteiger partial charge in [0, 0.05) is 25.7 Å². The normalized spacial score (nSPS) is 21.1. The molecule has 1 fully saturated rings. The number of benzene rings is 1. The smallest absolute Gasteiger partial charge is 0.407 e. The van der Waals surface area contributed by atoms with Crippen molar-refractivity contribution in [3.63, 3.8) is 0 Å². The fourth-order valence-electron chi connectivity index (χ4n) is 3.12. The molecule has 26 heavy (non-hydrogen) atoms. The molecule has 0 bridgehead atoms. The average Bonchev–Trinajstić information content (AvgIpc) is 2.55. The number of nitrogens with one attached hydrogen (secondary N) is 1. The number of piperidine rings is 1. The van der Waals surface area contributed by atoms with Crippen molar-refractivity contribution in [2.45, 2.75) is 52.3 Å². The first-order chi connectivity index (χ1) is 12.3. The molecule has 1 N–H and O–H groups in total. The summed E-state index contributed by atoms with van der Waals surface area (Å²) >= 11 is 0. The van der Waals surface area contributed by atoms with Crippen LogP contribution in [0.1, 0.15) is 39.7 Å². The van der Waals surface area contributed by atoms with Crippen molar-refractivity contribution < 1.29 is 19.1 Å². The Balaban J connectivity index is 2.02. The number of nitrogens with zero attached hydrogens (tertiary/aromatic N) is 1. The lowest BCUT2D eigenvalue weighted by molar-refractivity contribution is -0.151. The first-order valence-electron chi connectivity index (χ1n) is 9.21. The number of hydrogen-bond acceptors (Lipinski definition) is 5. The lowest BCUT2D eigenvalue weighted by Gasteiger charge is -2.37. The summed E-state index contributed by atoms with van der Waals surface area (Å²) in [5.41, 5.74) is 0.631. The molecule has 1 heterocycles. The molecule has 0 spiro atoms. The molecule has 2 atom stereocenters. The van der Waals surface area contributed by atoms with Crippen molar-refractivity contribution in [1.82, 2.24) is 10.2 Å². The number of hydrogen-bond donors (Lipinski definition) is 1. The van der Waals surface area contributed by atoms with Gasteiger partial charge in [-0.25, -0.2) is 4.79 Å². The lowest BCUT2D eigenvalue weighted by atomic mass is 9.91. The molecule has 1 amide bonds. The third-order valence-corrected chi connectivity index (χ3v) is 4.24. The van der Waals surface area contributed by atoms with Crippen LogP contribution >= 0.6 is 0 Å². The maximum atomic E-state index is 12.4. The molecule has 1 aromatic rings. The summed E-state index contributed by atoms with van der Waals surface area (Å²) in [7, 11) is 0. The summed E-state index contributed by atoms with van der Waals surface area (Å²) in [6, 6.07) is 9.87. The zero-order valence-electron chi connectivity index (χ0n) is 16.2. The molecule has 1 aromatic carbocycles. The molecule has 1 aliphatic heterocycles. The maximum Gasteiger partial charge on any atom is 0.407 e. The highest BCUT2D eigenvalue weighted by Crippen LogP contribution is 2.21. The van der Waals surface area contributed by atoms with Crippen LogP contribution in [0.2, 0.25) is 0 Å². The maximum absolute atomic E-state index is 12.4. The van der Waals surface area contributed by atoms with Gasteiger partial charge in [-0.3, -0.25) is 9.69 Å². The first kappa shape index (κ1) is 20.2. The largest absolute Gasteiger partial charge is 0.466 e. The van der Waals surface area contributed by atoms with Gasteiger partial charge in [-0.05, 0) is 39.7 Å². The second kappa shape index (κ2) is 9.03. The van der Waals surface area contributed by atoms with Gasteiger partial charge in [-0.15, -0.1) is 0 Å². The topological polar surface area (TPSA) is 67.9 Å². The van der Waals surface area contributed by atoms with Crippen molar-refractivity contribution in [2.75, 3.05) is 19.7 Å². The number of likely N-dealkylation sites (tertiary alicyclic amines) is 1. The minimum atomic E-state index is -0.572.